The molecule has 0 spiro atoms. The molecule has 44 heavy (non-hydrogen) atoms. The van der Waals surface area contributed by atoms with E-state index in [9.17, 15) is 0 Å². The molecule has 0 saturated carbocycles. The fourth-order valence-corrected chi connectivity index (χ4v) is 8.35. The van der Waals surface area contributed by atoms with E-state index in [2.05, 4.69) is 21.0 Å². The first-order valence-corrected chi connectivity index (χ1v) is 20.5. The molecule has 0 aliphatic carbocycles. The monoisotopic (exact) mass is 651 g/mol. The summed E-state index contributed by atoms with van der Waals surface area (Å²) in [5, 5.41) is 18.1. The number of hydrogen-bond donors (Lipinski definition) is 2. The van der Waals surface area contributed by atoms with Crippen molar-refractivity contribution in [2.75, 3.05) is 80.0 Å². The number of rotatable bonds is 36. The fourth-order valence-electron chi connectivity index (χ4n) is 5.76. The minimum Gasteiger partial charge on any atom is -0.394 e. The van der Waals surface area contributed by atoms with Crippen molar-refractivity contribution in [3.8, 4) is 0 Å². The Morgan fingerprint density at radius 3 is 1.52 bits per heavy atom. The van der Waals surface area contributed by atoms with Crippen LogP contribution in [0.3, 0.4) is 0 Å². The molecule has 0 saturated heterocycles. The molecule has 0 rings (SSSR count). The van der Waals surface area contributed by atoms with Gasteiger partial charge in [0, 0.05) is 32.3 Å². The molecule has 0 heterocycles. The third-order valence-electron chi connectivity index (χ3n) is 8.34. The molecule has 0 bridgehead atoms. The summed E-state index contributed by atoms with van der Waals surface area (Å²) in [6.45, 7) is 10.9. The van der Waals surface area contributed by atoms with Gasteiger partial charge in [-0.1, -0.05) is 96.8 Å². The maximum Gasteiger partial charge on any atom is 0.501 e. The molecule has 0 radical (unpaired) electrons. The lowest BCUT2D eigenvalue weighted by molar-refractivity contribution is -0.890. The Morgan fingerprint density at radius 1 is 0.568 bits per heavy atom. The second kappa shape index (κ2) is 31.5. The summed E-state index contributed by atoms with van der Waals surface area (Å²) in [7, 11) is 1.88. The largest absolute Gasteiger partial charge is 0.501 e. The maximum atomic E-state index is 9.14. The van der Waals surface area contributed by atoms with Crippen molar-refractivity contribution >= 4 is 8.80 Å². The highest BCUT2D eigenvalue weighted by Crippen LogP contribution is 2.21. The van der Waals surface area contributed by atoms with Crippen LogP contribution in [0.25, 0.3) is 0 Å². The molecule has 8 nitrogen and oxygen atoms in total. The number of ether oxygens (including phenoxy) is 2. The fraction of sp³-hybridized carbons (Fsp3) is 1.00. The molecule has 0 fully saturated rings. The molecule has 266 valence electrons. The lowest BCUT2D eigenvalue weighted by Gasteiger charge is -2.33. The van der Waals surface area contributed by atoms with Gasteiger partial charge >= 0.3 is 8.80 Å². The molecule has 0 aliphatic rings. The third-order valence-corrected chi connectivity index (χ3v) is 11.4. The summed E-state index contributed by atoms with van der Waals surface area (Å²) >= 11 is 0. The number of nitrogens with zero attached hydrogens (tertiary/aromatic N) is 1. The minimum absolute atomic E-state index is 0.0255. The smallest absolute Gasteiger partial charge is 0.394 e. The second-order valence-electron chi connectivity index (χ2n) is 13.0. The highest BCUT2D eigenvalue weighted by atomic mass is 28.4. The SMILES string of the molecule is CCCCCCCCCCCCCCCCCC[N+](C)(C)CCC[Si](OCC)(OCC)OCCC(COCCO)OCCO. The lowest BCUT2D eigenvalue weighted by Crippen LogP contribution is -2.48. The molecule has 9 heteroatoms. The number of aliphatic hydroxyl groups is 2. The van der Waals surface area contributed by atoms with E-state index >= 15 is 0 Å². The van der Waals surface area contributed by atoms with E-state index in [0.29, 0.717) is 32.8 Å². The van der Waals surface area contributed by atoms with Crippen molar-refractivity contribution in [3.05, 3.63) is 0 Å². The Kier molecular flexibility index (Phi) is 31.4. The van der Waals surface area contributed by atoms with Crippen LogP contribution in [0.5, 0.6) is 0 Å². The molecule has 0 aliphatic heterocycles. The second-order valence-corrected chi connectivity index (χ2v) is 15.7. The van der Waals surface area contributed by atoms with Crippen molar-refractivity contribution in [2.24, 2.45) is 0 Å². The standard InChI is InChI=1S/C35H76NO7Si/c1-6-9-10-11-12-13-14-15-16-17-18-19-20-21-22-23-26-36(4,5)27-24-33-44(41-7-2,42-8-3)43-30-25-35(40-32-29-38)34-39-31-28-37/h35,37-38H,6-34H2,1-5H3/q+1. The zero-order valence-corrected chi connectivity index (χ0v) is 31.0. The van der Waals surface area contributed by atoms with E-state index in [1.165, 1.54) is 109 Å². The number of quaternary nitrogens is 1. The van der Waals surface area contributed by atoms with Crippen LogP contribution in [0.2, 0.25) is 6.04 Å². The number of unbranched alkanes of at least 4 members (excludes halogenated alkanes) is 15. The predicted molar refractivity (Wildman–Crippen MR) is 185 cm³/mol. The third kappa shape index (κ3) is 27.1. The topological polar surface area (TPSA) is 86.6 Å². The Labute approximate surface area is 274 Å². The van der Waals surface area contributed by atoms with Crippen molar-refractivity contribution in [1.82, 2.24) is 0 Å². The van der Waals surface area contributed by atoms with Crippen LogP contribution in [0.15, 0.2) is 0 Å². The summed E-state index contributed by atoms with van der Waals surface area (Å²) in [6.07, 6.45) is 23.9. The van der Waals surface area contributed by atoms with E-state index < -0.39 is 8.80 Å². The first kappa shape index (κ1) is 43.9. The molecule has 0 aromatic heterocycles. The first-order chi connectivity index (χ1) is 21.4. The minimum atomic E-state index is -2.80. The number of hydrogen-bond acceptors (Lipinski definition) is 7. The molecule has 0 aromatic rings. The van der Waals surface area contributed by atoms with Gasteiger partial charge in [-0.3, -0.25) is 0 Å². The van der Waals surface area contributed by atoms with Crippen molar-refractivity contribution in [1.29, 1.82) is 0 Å². The van der Waals surface area contributed by atoms with Gasteiger partial charge in [-0.15, -0.1) is 0 Å². The van der Waals surface area contributed by atoms with Crippen LogP contribution >= 0.6 is 0 Å². The van der Waals surface area contributed by atoms with Gasteiger partial charge in [-0.05, 0) is 33.1 Å². The average Bonchev–Trinajstić information content (AvgIpc) is 2.99. The van der Waals surface area contributed by atoms with Gasteiger partial charge in [0.25, 0.3) is 0 Å². The maximum absolute atomic E-state index is 9.14. The molecule has 1 atom stereocenters. The number of aliphatic hydroxyl groups excluding tert-OH is 2. The Bertz CT molecular complexity index is 579. The molecular formula is C35H76NO7Si+. The normalized spacial score (nSPS) is 13.2. The average molecular weight is 651 g/mol. The van der Waals surface area contributed by atoms with Crippen LogP contribution in [-0.4, -0.2) is 110 Å². The van der Waals surface area contributed by atoms with Crippen molar-refractivity contribution in [2.45, 2.75) is 148 Å². The van der Waals surface area contributed by atoms with Crippen molar-refractivity contribution in [3.63, 3.8) is 0 Å². The van der Waals surface area contributed by atoms with Crippen LogP contribution in [0.1, 0.15) is 136 Å². The summed E-state index contributed by atoms with van der Waals surface area (Å²) in [5.41, 5.74) is 0. The van der Waals surface area contributed by atoms with E-state index in [1.807, 2.05) is 13.8 Å². The molecule has 0 amide bonds. The van der Waals surface area contributed by atoms with Crippen LogP contribution < -0.4 is 0 Å². The summed E-state index contributed by atoms with van der Waals surface area (Å²) in [4.78, 5) is 0. The quantitative estimate of drug-likeness (QED) is 0.0412. The van der Waals surface area contributed by atoms with Crippen LogP contribution in [0, 0.1) is 0 Å². The highest BCUT2D eigenvalue weighted by molar-refractivity contribution is 6.60. The zero-order chi connectivity index (χ0) is 32.6. The summed E-state index contributed by atoms with van der Waals surface area (Å²) < 4.78 is 30.9. The molecular weight excluding hydrogens is 574 g/mol. The molecule has 2 N–H and O–H groups in total. The predicted octanol–water partition coefficient (Wildman–Crippen LogP) is 7.52. The van der Waals surface area contributed by atoms with Gasteiger partial charge in [-0.2, -0.15) is 0 Å². The van der Waals surface area contributed by atoms with Gasteiger partial charge in [0.1, 0.15) is 0 Å². The Hall–Kier alpha value is -0.103. The van der Waals surface area contributed by atoms with Crippen LogP contribution in [-0.2, 0) is 22.8 Å². The molecule has 0 aromatic carbocycles. The van der Waals surface area contributed by atoms with Gasteiger partial charge in [-0.25, -0.2) is 0 Å². The van der Waals surface area contributed by atoms with E-state index in [4.69, 9.17) is 33.0 Å². The van der Waals surface area contributed by atoms with Gasteiger partial charge in [0.05, 0.1) is 66.3 Å². The summed E-state index contributed by atoms with van der Waals surface area (Å²) in [6, 6.07) is 0.804. The van der Waals surface area contributed by atoms with Crippen LogP contribution in [0.4, 0.5) is 0 Å². The lowest BCUT2D eigenvalue weighted by atomic mass is 10.0. The Balaban J connectivity index is 4.20. The summed E-state index contributed by atoms with van der Waals surface area (Å²) in [5.74, 6) is 0. The van der Waals surface area contributed by atoms with E-state index in [0.717, 1.165) is 23.5 Å². The van der Waals surface area contributed by atoms with Gasteiger partial charge < -0.3 is 37.4 Å². The zero-order valence-electron chi connectivity index (χ0n) is 30.0. The highest BCUT2D eigenvalue weighted by Gasteiger charge is 2.41. The first-order valence-electron chi connectivity index (χ1n) is 18.5. The van der Waals surface area contributed by atoms with Crippen molar-refractivity contribution < 1.29 is 37.4 Å². The van der Waals surface area contributed by atoms with E-state index in [1.54, 1.807) is 0 Å². The molecule has 1 unspecified atom stereocenters. The Morgan fingerprint density at radius 2 is 1.05 bits per heavy atom. The van der Waals surface area contributed by atoms with Gasteiger partial charge in [0.2, 0.25) is 0 Å². The van der Waals surface area contributed by atoms with Gasteiger partial charge in [0.15, 0.2) is 0 Å². The van der Waals surface area contributed by atoms with E-state index in [-0.39, 0.29) is 32.5 Å².